The number of nitrogens with zero attached hydrogens (tertiary/aromatic N) is 2. The summed E-state index contributed by atoms with van der Waals surface area (Å²) in [5, 5.41) is 0. The molecule has 16 heavy (non-hydrogen) atoms. The minimum Gasteiger partial charge on any atom is -0.468 e. The van der Waals surface area contributed by atoms with Crippen LogP contribution in [-0.4, -0.2) is 22.1 Å². The van der Waals surface area contributed by atoms with Gasteiger partial charge in [-0.3, -0.25) is 4.98 Å². The summed E-state index contributed by atoms with van der Waals surface area (Å²) in [4.78, 5) is 11.0. The minimum atomic E-state index is 0.258. The van der Waals surface area contributed by atoms with E-state index in [-0.39, 0.29) is 4.77 Å². The lowest BCUT2D eigenvalue weighted by Crippen LogP contribution is -1.97. The van der Waals surface area contributed by atoms with Gasteiger partial charge in [-0.05, 0) is 24.4 Å². The van der Waals surface area contributed by atoms with E-state index in [4.69, 9.17) is 17.0 Å². The van der Waals surface area contributed by atoms with E-state index < -0.39 is 0 Å². The van der Waals surface area contributed by atoms with E-state index in [9.17, 15) is 0 Å². The van der Waals surface area contributed by atoms with Gasteiger partial charge < -0.3 is 4.74 Å². The third kappa shape index (κ3) is 2.45. The van der Waals surface area contributed by atoms with Gasteiger partial charge in [0, 0.05) is 10.0 Å². The van der Waals surface area contributed by atoms with E-state index in [0.29, 0.717) is 11.8 Å². The fraction of sp³-hybridized carbons (Fsp3) is 0.100. The lowest BCUT2D eigenvalue weighted by atomic mass is 10.2. The number of rotatable bonds is 2. The number of aromatic amines is 1. The van der Waals surface area contributed by atoms with Crippen molar-refractivity contribution >= 4 is 28.1 Å². The molecule has 82 valence electrons. The molecule has 2 rings (SSSR count). The van der Waals surface area contributed by atoms with Gasteiger partial charge in [-0.1, -0.05) is 28.1 Å². The SMILES string of the molecule is COc1nc(=S)nc(-c2ccc(Br)cc2)[nH]1. The van der Waals surface area contributed by atoms with Crippen molar-refractivity contribution in [1.82, 2.24) is 15.0 Å². The molecule has 1 heterocycles. The van der Waals surface area contributed by atoms with E-state index in [2.05, 4.69) is 30.9 Å². The maximum atomic E-state index is 5.00. The molecule has 0 saturated heterocycles. The summed E-state index contributed by atoms with van der Waals surface area (Å²) in [6.07, 6.45) is 0. The summed E-state index contributed by atoms with van der Waals surface area (Å²) in [5.41, 5.74) is 0.926. The largest absolute Gasteiger partial charge is 0.468 e. The summed E-state index contributed by atoms with van der Waals surface area (Å²) >= 11 is 8.32. The van der Waals surface area contributed by atoms with Crippen molar-refractivity contribution < 1.29 is 4.74 Å². The van der Waals surface area contributed by atoms with Crippen LogP contribution in [0.1, 0.15) is 0 Å². The molecule has 0 amide bonds. The van der Waals surface area contributed by atoms with Gasteiger partial charge in [0.2, 0.25) is 4.77 Å². The Morgan fingerprint density at radius 1 is 1.25 bits per heavy atom. The van der Waals surface area contributed by atoms with Gasteiger partial charge in [0.05, 0.1) is 7.11 Å². The standard InChI is InChI=1S/C10H8BrN3OS/c1-15-9-12-8(13-10(16)14-9)6-2-4-7(11)5-3-6/h2-5H,1H3,(H,12,13,14,16). The van der Waals surface area contributed by atoms with Crippen LogP contribution in [0, 0.1) is 4.77 Å². The smallest absolute Gasteiger partial charge is 0.297 e. The highest BCUT2D eigenvalue weighted by Crippen LogP contribution is 2.19. The summed E-state index contributed by atoms with van der Waals surface area (Å²) in [7, 11) is 1.53. The molecule has 1 N–H and O–H groups in total. The second-order valence-corrected chi connectivity index (χ2v) is 4.28. The molecule has 0 aliphatic carbocycles. The van der Waals surface area contributed by atoms with E-state index in [1.165, 1.54) is 7.11 Å². The Morgan fingerprint density at radius 3 is 2.56 bits per heavy atom. The first-order chi connectivity index (χ1) is 7.69. The fourth-order valence-electron chi connectivity index (χ4n) is 1.21. The first-order valence-corrected chi connectivity index (χ1v) is 5.67. The molecule has 2 aromatic rings. The van der Waals surface area contributed by atoms with Crippen LogP contribution in [0.25, 0.3) is 11.4 Å². The number of hydrogen-bond acceptors (Lipinski definition) is 4. The average Bonchev–Trinajstić information content (AvgIpc) is 2.29. The monoisotopic (exact) mass is 297 g/mol. The molecule has 0 bridgehead atoms. The fourth-order valence-corrected chi connectivity index (χ4v) is 1.64. The summed E-state index contributed by atoms with van der Waals surface area (Å²) in [6, 6.07) is 8.08. The Morgan fingerprint density at radius 2 is 1.94 bits per heavy atom. The number of aromatic nitrogens is 3. The molecule has 0 aliphatic heterocycles. The van der Waals surface area contributed by atoms with Crippen LogP contribution < -0.4 is 4.74 Å². The second-order valence-electron chi connectivity index (χ2n) is 3.00. The molecule has 1 aromatic carbocycles. The zero-order valence-corrected chi connectivity index (χ0v) is 10.8. The first kappa shape index (κ1) is 11.2. The Balaban J connectivity index is 2.51. The van der Waals surface area contributed by atoms with Gasteiger partial charge in [-0.2, -0.15) is 4.98 Å². The summed E-state index contributed by atoms with van der Waals surface area (Å²) < 4.78 is 6.27. The molecule has 0 aliphatic rings. The Labute approximate surface area is 106 Å². The minimum absolute atomic E-state index is 0.258. The highest BCUT2D eigenvalue weighted by atomic mass is 79.9. The van der Waals surface area contributed by atoms with E-state index in [0.717, 1.165) is 10.0 Å². The molecule has 4 nitrogen and oxygen atoms in total. The van der Waals surface area contributed by atoms with Crippen molar-refractivity contribution in [1.29, 1.82) is 0 Å². The summed E-state index contributed by atoms with van der Waals surface area (Å²) in [5.74, 6) is 0.643. The maximum Gasteiger partial charge on any atom is 0.297 e. The Kier molecular flexibility index (Phi) is 3.31. The molecule has 1 aromatic heterocycles. The molecule has 6 heteroatoms. The van der Waals surface area contributed by atoms with Crippen LogP contribution in [0.2, 0.25) is 0 Å². The topological polar surface area (TPSA) is 50.8 Å². The van der Waals surface area contributed by atoms with Gasteiger partial charge >= 0.3 is 0 Å². The van der Waals surface area contributed by atoms with Crippen molar-refractivity contribution in [3.8, 4) is 17.4 Å². The van der Waals surface area contributed by atoms with Gasteiger partial charge in [0.1, 0.15) is 5.82 Å². The third-order valence-electron chi connectivity index (χ3n) is 1.94. The van der Waals surface area contributed by atoms with Gasteiger partial charge in [-0.25, -0.2) is 4.98 Å². The molecule has 0 saturated carbocycles. The zero-order valence-electron chi connectivity index (χ0n) is 8.40. The molecular weight excluding hydrogens is 290 g/mol. The average molecular weight is 298 g/mol. The number of H-pyrrole nitrogens is 1. The molecule has 0 spiro atoms. The van der Waals surface area contributed by atoms with Crippen molar-refractivity contribution in [2.45, 2.75) is 0 Å². The highest BCUT2D eigenvalue weighted by molar-refractivity contribution is 9.10. The van der Waals surface area contributed by atoms with Gasteiger partial charge in [0.15, 0.2) is 0 Å². The van der Waals surface area contributed by atoms with E-state index in [1.807, 2.05) is 24.3 Å². The number of nitrogens with one attached hydrogen (secondary N) is 1. The predicted octanol–water partition coefficient (Wildman–Crippen LogP) is 2.97. The molecular formula is C10H8BrN3OS. The lowest BCUT2D eigenvalue weighted by Gasteiger charge is -2.03. The maximum absolute atomic E-state index is 5.00. The quantitative estimate of drug-likeness (QED) is 0.866. The van der Waals surface area contributed by atoms with Crippen LogP contribution in [-0.2, 0) is 0 Å². The van der Waals surface area contributed by atoms with Gasteiger partial charge in [0.25, 0.3) is 6.01 Å². The normalized spacial score (nSPS) is 10.1. The number of hydrogen-bond donors (Lipinski definition) is 1. The van der Waals surface area contributed by atoms with Crippen LogP contribution in [0.5, 0.6) is 6.01 Å². The van der Waals surface area contributed by atoms with Crippen LogP contribution in [0.4, 0.5) is 0 Å². The molecule has 0 atom stereocenters. The van der Waals surface area contributed by atoms with E-state index >= 15 is 0 Å². The molecule has 0 unspecified atom stereocenters. The number of halogens is 1. The molecule has 0 fully saturated rings. The van der Waals surface area contributed by atoms with Gasteiger partial charge in [-0.15, -0.1) is 0 Å². The third-order valence-corrected chi connectivity index (χ3v) is 2.65. The zero-order chi connectivity index (χ0) is 11.5. The second kappa shape index (κ2) is 4.71. The van der Waals surface area contributed by atoms with E-state index in [1.54, 1.807) is 0 Å². The Bertz CT molecular complexity index is 553. The molecule has 0 radical (unpaired) electrons. The van der Waals surface area contributed by atoms with Crippen LogP contribution in [0.3, 0.4) is 0 Å². The van der Waals surface area contributed by atoms with Crippen molar-refractivity contribution in [2.75, 3.05) is 7.11 Å². The lowest BCUT2D eigenvalue weighted by molar-refractivity contribution is 0.378. The summed E-state index contributed by atoms with van der Waals surface area (Å²) in [6.45, 7) is 0. The number of benzene rings is 1. The van der Waals surface area contributed by atoms with Crippen molar-refractivity contribution in [3.63, 3.8) is 0 Å². The predicted molar refractivity (Wildman–Crippen MR) is 66.9 cm³/mol. The number of methoxy groups -OCH3 is 1. The number of ether oxygens (including phenoxy) is 1. The van der Waals surface area contributed by atoms with Crippen LogP contribution in [0.15, 0.2) is 28.7 Å². The highest BCUT2D eigenvalue weighted by Gasteiger charge is 2.03. The van der Waals surface area contributed by atoms with Crippen molar-refractivity contribution in [3.05, 3.63) is 33.5 Å². The van der Waals surface area contributed by atoms with Crippen molar-refractivity contribution in [2.24, 2.45) is 0 Å². The Hall–Kier alpha value is -1.27. The van der Waals surface area contributed by atoms with Crippen LogP contribution >= 0.6 is 28.1 Å². The first-order valence-electron chi connectivity index (χ1n) is 4.47.